The molecule has 1 aromatic carbocycles. The Morgan fingerprint density at radius 1 is 1.33 bits per heavy atom. The third-order valence-electron chi connectivity index (χ3n) is 4.23. The number of carbonyl (C=O) groups is 2. The van der Waals surface area contributed by atoms with E-state index in [9.17, 15) is 18.0 Å². The summed E-state index contributed by atoms with van der Waals surface area (Å²) in [6.45, 7) is 1.31. The van der Waals surface area contributed by atoms with Crippen LogP contribution >= 0.6 is 0 Å². The lowest BCUT2D eigenvalue weighted by molar-refractivity contribution is -0.151. The first kappa shape index (κ1) is 20.9. The van der Waals surface area contributed by atoms with Crippen LogP contribution < -0.4 is 4.90 Å². The highest BCUT2D eigenvalue weighted by Gasteiger charge is 2.39. The number of sulfonamides is 1. The van der Waals surface area contributed by atoms with E-state index in [1.54, 1.807) is 37.3 Å². The van der Waals surface area contributed by atoms with Crippen molar-refractivity contribution in [1.82, 2.24) is 4.31 Å². The van der Waals surface area contributed by atoms with Crippen molar-refractivity contribution >= 4 is 27.6 Å². The second-order valence-electron chi connectivity index (χ2n) is 6.17. The van der Waals surface area contributed by atoms with Gasteiger partial charge in [0.15, 0.2) is 6.61 Å². The number of para-hydroxylation sites is 1. The molecule has 2 rings (SSSR count). The SMILES string of the molecule is CCCS(=O)(=O)N1CCCC1C(=O)OCC(=O)N(CC#N)c1ccccc1. The molecule has 0 aromatic heterocycles. The molecule has 1 aliphatic heterocycles. The number of hydrogen-bond donors (Lipinski definition) is 0. The molecule has 27 heavy (non-hydrogen) atoms. The zero-order valence-electron chi connectivity index (χ0n) is 15.2. The minimum atomic E-state index is -3.52. The molecule has 1 fully saturated rings. The minimum absolute atomic E-state index is 0.0281. The van der Waals surface area contributed by atoms with Crippen LogP contribution in [0.5, 0.6) is 0 Å². The zero-order valence-corrected chi connectivity index (χ0v) is 16.0. The number of hydrogen-bond acceptors (Lipinski definition) is 6. The fourth-order valence-electron chi connectivity index (χ4n) is 2.99. The molecule has 0 aliphatic carbocycles. The van der Waals surface area contributed by atoms with E-state index in [1.165, 1.54) is 9.21 Å². The summed E-state index contributed by atoms with van der Waals surface area (Å²) in [5.41, 5.74) is 0.521. The first-order valence-electron chi connectivity index (χ1n) is 8.79. The van der Waals surface area contributed by atoms with Crippen LogP contribution in [0.15, 0.2) is 30.3 Å². The lowest BCUT2D eigenvalue weighted by atomic mass is 10.2. The molecule has 1 saturated heterocycles. The highest BCUT2D eigenvalue weighted by atomic mass is 32.2. The largest absolute Gasteiger partial charge is 0.454 e. The standard InChI is InChI=1S/C18H23N3O5S/c1-2-13-27(24,25)21-11-6-9-16(21)18(23)26-14-17(22)20(12-10-19)15-7-4-3-5-8-15/h3-5,7-8,16H,2,6,9,11-14H2,1H3. The van der Waals surface area contributed by atoms with Gasteiger partial charge in [-0.15, -0.1) is 0 Å². The predicted molar refractivity (Wildman–Crippen MR) is 99.2 cm³/mol. The van der Waals surface area contributed by atoms with Crippen LogP contribution in [0.4, 0.5) is 5.69 Å². The number of anilines is 1. The molecule has 0 radical (unpaired) electrons. The summed E-state index contributed by atoms with van der Waals surface area (Å²) in [5.74, 6) is -1.30. The Morgan fingerprint density at radius 3 is 2.67 bits per heavy atom. The maximum atomic E-state index is 12.4. The molecule has 1 aliphatic rings. The van der Waals surface area contributed by atoms with E-state index in [0.29, 0.717) is 24.9 Å². The number of rotatable bonds is 8. The van der Waals surface area contributed by atoms with Crippen LogP contribution in [0.1, 0.15) is 26.2 Å². The summed E-state index contributed by atoms with van der Waals surface area (Å²) in [6, 6.07) is 9.60. The molecule has 0 spiro atoms. The minimum Gasteiger partial charge on any atom is -0.454 e. The fourth-order valence-corrected chi connectivity index (χ4v) is 4.73. The van der Waals surface area contributed by atoms with E-state index in [0.717, 1.165) is 0 Å². The highest BCUT2D eigenvalue weighted by Crippen LogP contribution is 2.23. The van der Waals surface area contributed by atoms with Gasteiger partial charge >= 0.3 is 5.97 Å². The van der Waals surface area contributed by atoms with Crippen LogP contribution in [-0.2, 0) is 24.3 Å². The lowest BCUT2D eigenvalue weighted by Crippen LogP contribution is -2.43. The summed E-state index contributed by atoms with van der Waals surface area (Å²) < 4.78 is 30.8. The average Bonchev–Trinajstić information content (AvgIpc) is 3.15. The van der Waals surface area contributed by atoms with Crippen LogP contribution in [-0.4, -0.2) is 56.1 Å². The van der Waals surface area contributed by atoms with E-state index in [4.69, 9.17) is 10.00 Å². The van der Waals surface area contributed by atoms with Crippen LogP contribution in [0.2, 0.25) is 0 Å². The van der Waals surface area contributed by atoms with Gasteiger partial charge < -0.3 is 4.74 Å². The summed E-state index contributed by atoms with van der Waals surface area (Å²) in [6.07, 6.45) is 1.40. The van der Waals surface area contributed by atoms with Crippen LogP contribution in [0, 0.1) is 11.3 Å². The second kappa shape index (κ2) is 9.48. The molecule has 0 N–H and O–H groups in total. The van der Waals surface area contributed by atoms with Crippen molar-refractivity contribution in [3.63, 3.8) is 0 Å². The quantitative estimate of drug-likeness (QED) is 0.486. The van der Waals surface area contributed by atoms with Crippen molar-refractivity contribution in [1.29, 1.82) is 5.26 Å². The van der Waals surface area contributed by atoms with Gasteiger partial charge in [0.2, 0.25) is 10.0 Å². The number of nitrogens with zero attached hydrogens (tertiary/aromatic N) is 3. The smallest absolute Gasteiger partial charge is 0.324 e. The van der Waals surface area contributed by atoms with Gasteiger partial charge in [-0.05, 0) is 31.4 Å². The number of amides is 1. The Kier molecular flexibility index (Phi) is 7.33. The Morgan fingerprint density at radius 2 is 2.04 bits per heavy atom. The summed E-state index contributed by atoms with van der Waals surface area (Å²) in [4.78, 5) is 26.0. The number of ether oxygens (including phenoxy) is 1. The van der Waals surface area contributed by atoms with E-state index in [-0.39, 0.29) is 18.8 Å². The predicted octanol–water partition coefficient (Wildman–Crippen LogP) is 1.29. The molecule has 1 unspecified atom stereocenters. The topological polar surface area (TPSA) is 108 Å². The summed E-state index contributed by atoms with van der Waals surface area (Å²) in [7, 11) is -3.52. The average molecular weight is 393 g/mol. The molecule has 0 bridgehead atoms. The second-order valence-corrected chi connectivity index (χ2v) is 8.21. The fraction of sp³-hybridized carbons (Fsp3) is 0.500. The van der Waals surface area contributed by atoms with Crippen molar-refractivity contribution in [2.45, 2.75) is 32.2 Å². The molecule has 1 amide bonds. The van der Waals surface area contributed by atoms with E-state index < -0.39 is 34.5 Å². The lowest BCUT2D eigenvalue weighted by Gasteiger charge is -2.23. The highest BCUT2D eigenvalue weighted by molar-refractivity contribution is 7.89. The van der Waals surface area contributed by atoms with Gasteiger partial charge in [-0.3, -0.25) is 14.5 Å². The van der Waals surface area contributed by atoms with Gasteiger partial charge in [-0.1, -0.05) is 25.1 Å². The summed E-state index contributed by atoms with van der Waals surface area (Å²) in [5, 5.41) is 8.95. The maximum Gasteiger partial charge on any atom is 0.324 e. The van der Waals surface area contributed by atoms with Crippen molar-refractivity contribution in [2.75, 3.05) is 30.3 Å². The Balaban J connectivity index is 2.01. The van der Waals surface area contributed by atoms with Crippen LogP contribution in [0.25, 0.3) is 0 Å². The molecule has 146 valence electrons. The zero-order chi connectivity index (χ0) is 19.9. The Hall–Kier alpha value is -2.44. The van der Waals surface area contributed by atoms with Gasteiger partial charge in [0.1, 0.15) is 12.6 Å². The van der Waals surface area contributed by atoms with Gasteiger partial charge in [0.25, 0.3) is 5.91 Å². The molecule has 1 aromatic rings. The third kappa shape index (κ3) is 5.28. The number of nitriles is 1. The molecule has 8 nitrogen and oxygen atoms in total. The molecule has 0 saturated carbocycles. The number of benzene rings is 1. The summed E-state index contributed by atoms with van der Waals surface area (Å²) >= 11 is 0. The Labute approximate surface area is 159 Å². The molecule has 1 heterocycles. The molecular formula is C18H23N3O5S. The third-order valence-corrected chi connectivity index (χ3v) is 6.31. The molecular weight excluding hydrogens is 370 g/mol. The van der Waals surface area contributed by atoms with Gasteiger partial charge in [0.05, 0.1) is 11.8 Å². The monoisotopic (exact) mass is 393 g/mol. The van der Waals surface area contributed by atoms with Crippen LogP contribution in [0.3, 0.4) is 0 Å². The maximum absolute atomic E-state index is 12.4. The van der Waals surface area contributed by atoms with Gasteiger partial charge in [-0.25, -0.2) is 8.42 Å². The Bertz CT molecular complexity index is 804. The normalized spacial score (nSPS) is 17.3. The number of carbonyl (C=O) groups excluding carboxylic acids is 2. The number of esters is 1. The first-order valence-corrected chi connectivity index (χ1v) is 10.4. The van der Waals surface area contributed by atoms with E-state index >= 15 is 0 Å². The van der Waals surface area contributed by atoms with E-state index in [1.807, 2.05) is 6.07 Å². The van der Waals surface area contributed by atoms with Gasteiger partial charge in [-0.2, -0.15) is 9.57 Å². The molecule has 1 atom stereocenters. The van der Waals surface area contributed by atoms with Crippen molar-refractivity contribution in [3.05, 3.63) is 30.3 Å². The first-order chi connectivity index (χ1) is 12.9. The van der Waals surface area contributed by atoms with Crippen molar-refractivity contribution < 1.29 is 22.7 Å². The van der Waals surface area contributed by atoms with E-state index in [2.05, 4.69) is 0 Å². The van der Waals surface area contributed by atoms with Gasteiger partial charge in [0, 0.05) is 12.2 Å². The molecule has 9 heteroatoms. The van der Waals surface area contributed by atoms with Crippen molar-refractivity contribution in [3.8, 4) is 6.07 Å². The van der Waals surface area contributed by atoms with Crippen molar-refractivity contribution in [2.24, 2.45) is 0 Å².